The fraction of sp³-hybridized carbons (Fsp3) is 0.188. The van der Waals surface area contributed by atoms with Gasteiger partial charge in [0, 0.05) is 6.20 Å². The first-order valence-electron chi connectivity index (χ1n) is 7.85. The van der Waals surface area contributed by atoms with Crippen LogP contribution in [0.15, 0.2) is 30.5 Å². The summed E-state index contributed by atoms with van der Waals surface area (Å²) >= 11 is 5.81. The molecule has 0 bridgehead atoms. The summed E-state index contributed by atoms with van der Waals surface area (Å²) in [6.45, 7) is 0.0531. The number of nitrogens with zero attached hydrogens (tertiary/aromatic N) is 5. The Balaban J connectivity index is 1.78. The van der Waals surface area contributed by atoms with Crippen molar-refractivity contribution in [2.45, 2.75) is 13.1 Å². The molecule has 0 aliphatic heterocycles. The molecule has 29 heavy (non-hydrogen) atoms. The average molecular weight is 431 g/mol. The molecule has 1 N–H and O–H groups in total. The van der Waals surface area contributed by atoms with Gasteiger partial charge in [-0.25, -0.2) is 9.37 Å². The van der Waals surface area contributed by atoms with Crippen LogP contribution in [0.1, 0.15) is 16.2 Å². The topological polar surface area (TPSA) is 94.8 Å². The van der Waals surface area contributed by atoms with Crippen molar-refractivity contribution in [3.05, 3.63) is 52.7 Å². The third-order valence-corrected chi connectivity index (χ3v) is 3.78. The van der Waals surface area contributed by atoms with Crippen molar-refractivity contribution in [2.24, 2.45) is 0 Å². The van der Waals surface area contributed by atoms with Crippen molar-refractivity contribution in [3.8, 4) is 11.6 Å². The van der Waals surface area contributed by atoms with Gasteiger partial charge in [0.15, 0.2) is 12.4 Å². The Bertz CT molecular complexity index is 1060. The monoisotopic (exact) mass is 430 g/mol. The normalized spacial score (nSPS) is 11.4. The largest absolute Gasteiger partial charge is 0.467 e. The summed E-state index contributed by atoms with van der Waals surface area (Å²) in [7, 11) is 0. The molecule has 0 fully saturated rings. The summed E-state index contributed by atoms with van der Waals surface area (Å²) in [4.78, 5) is 16.0. The molecule has 8 nitrogen and oxygen atoms in total. The Kier molecular flexibility index (Phi) is 5.64. The molecule has 0 aliphatic rings. The molecule has 3 aromatic rings. The Hall–Kier alpha value is -3.28. The van der Waals surface area contributed by atoms with Crippen molar-refractivity contribution in [3.63, 3.8) is 0 Å². The summed E-state index contributed by atoms with van der Waals surface area (Å²) < 4.78 is 56.5. The second-order valence-corrected chi connectivity index (χ2v) is 6.08. The number of anilines is 1. The first-order chi connectivity index (χ1) is 13.6. The standard InChI is InChI=1S/C16H11ClF4N6O2/c1-8-24-25-26-27(8)10-2-3-12(18)13(5-10)23-14(28)9-4-11(17)15(22-6-9)29-7-16(19,20)21/h2-6H,7H2,1H3,(H,23,28). The van der Waals surface area contributed by atoms with Gasteiger partial charge in [-0.15, -0.1) is 5.10 Å². The van der Waals surface area contributed by atoms with Gasteiger partial charge < -0.3 is 10.1 Å². The number of ether oxygens (including phenoxy) is 1. The highest BCUT2D eigenvalue weighted by atomic mass is 35.5. The molecule has 0 aliphatic carbocycles. The average Bonchev–Trinajstić information content (AvgIpc) is 3.07. The fourth-order valence-corrected chi connectivity index (χ4v) is 2.43. The van der Waals surface area contributed by atoms with Crippen LogP contribution in [0, 0.1) is 12.7 Å². The molecule has 2 heterocycles. The summed E-state index contributed by atoms with van der Waals surface area (Å²) in [5, 5.41) is 13.0. The van der Waals surface area contributed by atoms with Crippen LogP contribution in [0.3, 0.4) is 0 Å². The van der Waals surface area contributed by atoms with Gasteiger partial charge in [0.2, 0.25) is 5.88 Å². The van der Waals surface area contributed by atoms with E-state index in [4.69, 9.17) is 11.6 Å². The molecule has 0 saturated heterocycles. The van der Waals surface area contributed by atoms with Crippen LogP contribution >= 0.6 is 11.6 Å². The number of amides is 1. The molecular weight excluding hydrogens is 420 g/mol. The van der Waals surface area contributed by atoms with Gasteiger partial charge in [0.1, 0.15) is 10.8 Å². The van der Waals surface area contributed by atoms with Crippen molar-refractivity contribution in [1.29, 1.82) is 0 Å². The van der Waals surface area contributed by atoms with E-state index in [1.165, 1.54) is 16.8 Å². The third kappa shape index (κ3) is 4.96. The van der Waals surface area contributed by atoms with Crippen LogP contribution in [0.5, 0.6) is 5.88 Å². The Labute approximate surface area is 165 Å². The van der Waals surface area contributed by atoms with E-state index in [0.717, 1.165) is 18.3 Å². The second-order valence-electron chi connectivity index (χ2n) is 5.67. The number of rotatable bonds is 5. The summed E-state index contributed by atoms with van der Waals surface area (Å²) in [6, 6.07) is 4.90. The lowest BCUT2D eigenvalue weighted by molar-refractivity contribution is -0.154. The van der Waals surface area contributed by atoms with Gasteiger partial charge in [-0.05, 0) is 41.6 Å². The molecular formula is C16H11ClF4N6O2. The third-order valence-electron chi connectivity index (χ3n) is 3.51. The van der Waals surface area contributed by atoms with Crippen LogP contribution in [0.4, 0.5) is 23.2 Å². The first kappa shape index (κ1) is 20.5. The minimum atomic E-state index is -4.57. The van der Waals surface area contributed by atoms with Crippen LogP contribution in [0.25, 0.3) is 5.69 Å². The first-order valence-corrected chi connectivity index (χ1v) is 8.23. The highest BCUT2D eigenvalue weighted by molar-refractivity contribution is 6.32. The van der Waals surface area contributed by atoms with E-state index >= 15 is 0 Å². The minimum absolute atomic E-state index is 0.113. The number of aromatic nitrogens is 5. The molecule has 13 heteroatoms. The fourth-order valence-electron chi connectivity index (χ4n) is 2.21. The maximum absolute atomic E-state index is 14.1. The number of pyridine rings is 1. The summed E-state index contributed by atoms with van der Waals surface area (Å²) in [5.41, 5.74) is 0.116. The highest BCUT2D eigenvalue weighted by Crippen LogP contribution is 2.26. The highest BCUT2D eigenvalue weighted by Gasteiger charge is 2.29. The lowest BCUT2D eigenvalue weighted by Crippen LogP contribution is -2.20. The minimum Gasteiger partial charge on any atom is -0.467 e. The van der Waals surface area contributed by atoms with E-state index in [9.17, 15) is 22.4 Å². The number of tetrazole rings is 1. The number of halogens is 5. The zero-order valence-electron chi connectivity index (χ0n) is 14.5. The van der Waals surface area contributed by atoms with Gasteiger partial charge >= 0.3 is 6.18 Å². The Morgan fingerprint density at radius 1 is 1.31 bits per heavy atom. The van der Waals surface area contributed by atoms with E-state index in [-0.39, 0.29) is 16.3 Å². The molecule has 1 amide bonds. The van der Waals surface area contributed by atoms with E-state index in [1.54, 1.807) is 6.92 Å². The molecule has 3 rings (SSSR count). The van der Waals surface area contributed by atoms with Gasteiger partial charge in [0.05, 0.1) is 16.9 Å². The Morgan fingerprint density at radius 3 is 2.69 bits per heavy atom. The van der Waals surface area contributed by atoms with Crippen molar-refractivity contribution in [1.82, 2.24) is 25.2 Å². The molecule has 2 aromatic heterocycles. The SMILES string of the molecule is Cc1nnnn1-c1ccc(F)c(NC(=O)c2cnc(OCC(F)(F)F)c(Cl)c2)c1. The second kappa shape index (κ2) is 7.99. The van der Waals surface area contributed by atoms with Crippen LogP contribution in [-0.4, -0.2) is 43.9 Å². The molecule has 0 unspecified atom stereocenters. The molecule has 152 valence electrons. The number of carbonyl (C=O) groups excluding carboxylic acids is 1. The van der Waals surface area contributed by atoms with E-state index < -0.39 is 30.4 Å². The number of alkyl halides is 3. The maximum Gasteiger partial charge on any atom is 0.422 e. The number of hydrogen-bond acceptors (Lipinski definition) is 6. The van der Waals surface area contributed by atoms with Crippen LogP contribution < -0.4 is 10.1 Å². The van der Waals surface area contributed by atoms with Gasteiger partial charge in [-0.3, -0.25) is 4.79 Å². The molecule has 0 radical (unpaired) electrons. The zero-order chi connectivity index (χ0) is 21.2. The summed E-state index contributed by atoms with van der Waals surface area (Å²) in [6.07, 6.45) is -3.61. The molecule has 0 saturated carbocycles. The van der Waals surface area contributed by atoms with Crippen molar-refractivity contribution < 1.29 is 27.1 Å². The van der Waals surface area contributed by atoms with Crippen molar-refractivity contribution in [2.75, 3.05) is 11.9 Å². The lowest BCUT2D eigenvalue weighted by atomic mass is 10.2. The van der Waals surface area contributed by atoms with E-state index in [1.807, 2.05) is 0 Å². The predicted molar refractivity (Wildman–Crippen MR) is 92.6 cm³/mol. The smallest absolute Gasteiger partial charge is 0.422 e. The number of carbonyl (C=O) groups is 1. The van der Waals surface area contributed by atoms with Gasteiger partial charge in [-0.1, -0.05) is 11.6 Å². The van der Waals surface area contributed by atoms with Gasteiger partial charge in [0.25, 0.3) is 5.91 Å². The van der Waals surface area contributed by atoms with E-state index in [0.29, 0.717) is 11.5 Å². The predicted octanol–water partition coefficient (Wildman–Crippen LogP) is 3.35. The molecule has 1 aromatic carbocycles. The number of benzene rings is 1. The number of nitrogens with one attached hydrogen (secondary N) is 1. The molecule has 0 spiro atoms. The zero-order valence-corrected chi connectivity index (χ0v) is 15.3. The van der Waals surface area contributed by atoms with Crippen LogP contribution in [-0.2, 0) is 0 Å². The lowest BCUT2D eigenvalue weighted by Gasteiger charge is -2.11. The Morgan fingerprint density at radius 2 is 2.07 bits per heavy atom. The van der Waals surface area contributed by atoms with Crippen molar-refractivity contribution >= 4 is 23.2 Å². The van der Waals surface area contributed by atoms with Gasteiger partial charge in [-0.2, -0.15) is 17.9 Å². The summed E-state index contributed by atoms with van der Waals surface area (Å²) in [5.74, 6) is -1.55. The van der Waals surface area contributed by atoms with Crippen LogP contribution in [0.2, 0.25) is 5.02 Å². The number of hydrogen-bond donors (Lipinski definition) is 1. The quantitative estimate of drug-likeness (QED) is 0.624. The van der Waals surface area contributed by atoms with E-state index in [2.05, 4.69) is 30.6 Å². The maximum atomic E-state index is 14.1. The molecule has 0 atom stereocenters. The number of aryl methyl sites for hydroxylation is 1.